The fourth-order valence-corrected chi connectivity index (χ4v) is 1.50. The van der Waals surface area contributed by atoms with Gasteiger partial charge in [0.2, 0.25) is 0 Å². The Kier molecular flexibility index (Phi) is 3.21. The summed E-state index contributed by atoms with van der Waals surface area (Å²) >= 11 is 0. The highest BCUT2D eigenvalue weighted by Gasteiger charge is 2.35. The molecule has 0 aliphatic carbocycles. The van der Waals surface area contributed by atoms with Crippen molar-refractivity contribution in [2.45, 2.75) is 33.2 Å². The largest absolute Gasteiger partial charge is 0.481 e. The lowest BCUT2D eigenvalue weighted by atomic mass is 9.87. The minimum Gasteiger partial charge on any atom is -0.481 e. The Morgan fingerprint density at radius 2 is 2.20 bits per heavy atom. The van der Waals surface area contributed by atoms with Crippen LogP contribution in [0.3, 0.4) is 0 Å². The summed E-state index contributed by atoms with van der Waals surface area (Å²) in [5.41, 5.74) is 0.00757. The molecule has 0 bridgehead atoms. The van der Waals surface area contributed by atoms with E-state index in [1.165, 1.54) is 0 Å². The number of carbonyl (C=O) groups is 2. The van der Waals surface area contributed by atoms with Gasteiger partial charge in [-0.3, -0.25) is 4.79 Å². The normalized spacial score (nSPS) is 21.7. The second-order valence-electron chi connectivity index (χ2n) is 4.96. The lowest BCUT2D eigenvalue weighted by Crippen LogP contribution is -2.38. The van der Waals surface area contributed by atoms with E-state index in [4.69, 9.17) is 5.11 Å². The zero-order valence-electron chi connectivity index (χ0n) is 9.41. The molecule has 0 saturated carbocycles. The molecule has 1 heterocycles. The fraction of sp³-hybridized carbons (Fsp3) is 0.800. The number of aliphatic carboxylic acids is 1. The van der Waals surface area contributed by atoms with Crippen LogP contribution in [0.25, 0.3) is 0 Å². The summed E-state index contributed by atoms with van der Waals surface area (Å²) in [5.74, 6) is -0.873. The van der Waals surface area contributed by atoms with Crippen molar-refractivity contribution in [3.8, 4) is 0 Å². The minimum atomic E-state index is -0.873. The van der Waals surface area contributed by atoms with Crippen LogP contribution in [0.5, 0.6) is 0 Å². The maximum atomic E-state index is 11.5. The number of carboxylic acids is 1. The van der Waals surface area contributed by atoms with Crippen LogP contribution in [-0.4, -0.2) is 41.1 Å². The summed E-state index contributed by atoms with van der Waals surface area (Å²) in [7, 11) is 0. The van der Waals surface area contributed by atoms with Gasteiger partial charge in [-0.1, -0.05) is 20.8 Å². The number of hydrogen-bond donors (Lipinski definition) is 2. The number of nitrogens with zero attached hydrogens (tertiary/aromatic N) is 1. The summed E-state index contributed by atoms with van der Waals surface area (Å²) in [5, 5.41) is 11.4. The highest BCUT2D eigenvalue weighted by molar-refractivity contribution is 5.77. The van der Waals surface area contributed by atoms with Crippen molar-refractivity contribution in [3.63, 3.8) is 0 Å². The third kappa shape index (κ3) is 3.11. The number of hydrogen-bond acceptors (Lipinski definition) is 2. The van der Waals surface area contributed by atoms with Gasteiger partial charge < -0.3 is 15.3 Å². The molecule has 1 saturated heterocycles. The van der Waals surface area contributed by atoms with Crippen molar-refractivity contribution in [1.82, 2.24) is 10.2 Å². The van der Waals surface area contributed by atoms with Gasteiger partial charge in [-0.05, 0) is 5.41 Å². The first-order valence-corrected chi connectivity index (χ1v) is 5.08. The molecule has 15 heavy (non-hydrogen) atoms. The van der Waals surface area contributed by atoms with Gasteiger partial charge in [-0.2, -0.15) is 0 Å². The molecule has 0 aromatic heterocycles. The lowest BCUT2D eigenvalue weighted by molar-refractivity contribution is -0.137. The first-order valence-electron chi connectivity index (χ1n) is 5.08. The Balaban J connectivity index is 2.50. The van der Waals surface area contributed by atoms with Crippen molar-refractivity contribution in [2.24, 2.45) is 5.41 Å². The Morgan fingerprint density at radius 1 is 1.60 bits per heavy atom. The predicted octanol–water partition coefficient (Wildman–Crippen LogP) is 0.901. The average molecular weight is 214 g/mol. The molecule has 5 nitrogen and oxygen atoms in total. The number of amides is 2. The number of rotatable bonds is 3. The molecule has 0 aromatic rings. The third-order valence-corrected chi connectivity index (χ3v) is 2.63. The van der Waals surface area contributed by atoms with Gasteiger partial charge in [0.1, 0.15) is 0 Å². The lowest BCUT2D eigenvalue weighted by Gasteiger charge is -2.25. The van der Waals surface area contributed by atoms with Crippen LogP contribution in [0.2, 0.25) is 0 Å². The molecule has 1 rings (SSSR count). The molecular formula is C10H18N2O3. The van der Waals surface area contributed by atoms with E-state index in [1.807, 2.05) is 0 Å². The van der Waals surface area contributed by atoms with Gasteiger partial charge in [0.05, 0.1) is 12.5 Å². The van der Waals surface area contributed by atoms with Crippen molar-refractivity contribution in [3.05, 3.63) is 0 Å². The van der Waals surface area contributed by atoms with Crippen LogP contribution in [0.4, 0.5) is 4.79 Å². The van der Waals surface area contributed by atoms with Crippen LogP contribution in [-0.2, 0) is 4.79 Å². The van der Waals surface area contributed by atoms with Gasteiger partial charge in [-0.15, -0.1) is 0 Å². The maximum absolute atomic E-state index is 11.5. The van der Waals surface area contributed by atoms with Gasteiger partial charge in [0, 0.05) is 13.1 Å². The quantitative estimate of drug-likeness (QED) is 0.733. The predicted molar refractivity (Wildman–Crippen MR) is 55.6 cm³/mol. The number of carboxylic acid groups (broad SMARTS) is 1. The van der Waals surface area contributed by atoms with Crippen molar-refractivity contribution in [1.29, 1.82) is 0 Å². The zero-order valence-corrected chi connectivity index (χ0v) is 9.41. The molecule has 1 aliphatic rings. The fourth-order valence-electron chi connectivity index (χ4n) is 1.50. The van der Waals surface area contributed by atoms with Gasteiger partial charge in [0.15, 0.2) is 0 Å². The molecule has 0 radical (unpaired) electrons. The maximum Gasteiger partial charge on any atom is 0.317 e. The van der Waals surface area contributed by atoms with Crippen LogP contribution in [0.15, 0.2) is 0 Å². The van der Waals surface area contributed by atoms with E-state index in [0.29, 0.717) is 6.54 Å². The minimum absolute atomic E-state index is 0.00425. The first-order chi connectivity index (χ1) is 6.80. The van der Waals surface area contributed by atoms with E-state index in [9.17, 15) is 9.59 Å². The summed E-state index contributed by atoms with van der Waals surface area (Å²) in [6.45, 7) is 7.04. The molecule has 0 aromatic carbocycles. The molecule has 0 spiro atoms. The molecular weight excluding hydrogens is 196 g/mol. The molecule has 2 N–H and O–H groups in total. The summed E-state index contributed by atoms with van der Waals surface area (Å²) in [6.07, 6.45) is 0.00425. The van der Waals surface area contributed by atoms with E-state index in [0.717, 1.165) is 0 Å². The second kappa shape index (κ2) is 4.08. The summed E-state index contributed by atoms with van der Waals surface area (Å²) in [4.78, 5) is 23.4. The van der Waals surface area contributed by atoms with Gasteiger partial charge in [-0.25, -0.2) is 4.79 Å². The SMILES string of the molecule is CC(C)(C)C1CN(CCC(=O)O)C(=O)N1. The zero-order chi connectivity index (χ0) is 11.6. The van der Waals surface area contributed by atoms with E-state index >= 15 is 0 Å². The standard InChI is InChI=1S/C10H18N2O3/c1-10(2,3)7-6-12(9(15)11-7)5-4-8(13)14/h7H,4-6H2,1-3H3,(H,11,15)(H,13,14). The topological polar surface area (TPSA) is 69.6 Å². The van der Waals surface area contributed by atoms with Crippen LogP contribution >= 0.6 is 0 Å². The highest BCUT2D eigenvalue weighted by atomic mass is 16.4. The molecule has 2 amide bonds. The first kappa shape index (κ1) is 11.8. The third-order valence-electron chi connectivity index (χ3n) is 2.63. The van der Waals surface area contributed by atoms with Crippen molar-refractivity contribution >= 4 is 12.0 Å². The summed E-state index contributed by atoms with van der Waals surface area (Å²) < 4.78 is 0. The second-order valence-corrected chi connectivity index (χ2v) is 4.96. The van der Waals surface area contributed by atoms with Crippen LogP contribution in [0, 0.1) is 5.41 Å². The molecule has 5 heteroatoms. The van der Waals surface area contributed by atoms with E-state index in [2.05, 4.69) is 26.1 Å². The molecule has 1 aliphatic heterocycles. The van der Waals surface area contributed by atoms with Crippen molar-refractivity contribution < 1.29 is 14.7 Å². The smallest absolute Gasteiger partial charge is 0.317 e. The Bertz CT molecular complexity index is 270. The molecule has 1 unspecified atom stereocenters. The number of urea groups is 1. The van der Waals surface area contributed by atoms with E-state index in [1.54, 1.807) is 4.90 Å². The molecule has 86 valence electrons. The van der Waals surface area contributed by atoms with Gasteiger partial charge >= 0.3 is 12.0 Å². The van der Waals surface area contributed by atoms with E-state index < -0.39 is 5.97 Å². The van der Waals surface area contributed by atoms with Gasteiger partial charge in [0.25, 0.3) is 0 Å². The van der Waals surface area contributed by atoms with Crippen LogP contribution in [0.1, 0.15) is 27.2 Å². The summed E-state index contributed by atoms with van der Waals surface area (Å²) in [6, 6.07) is -0.0602. The Labute approximate surface area is 89.4 Å². The van der Waals surface area contributed by atoms with Crippen LogP contribution < -0.4 is 5.32 Å². The Morgan fingerprint density at radius 3 is 2.60 bits per heavy atom. The molecule has 1 fully saturated rings. The van der Waals surface area contributed by atoms with E-state index in [-0.39, 0.29) is 30.5 Å². The average Bonchev–Trinajstić information content (AvgIpc) is 2.42. The highest BCUT2D eigenvalue weighted by Crippen LogP contribution is 2.23. The number of carbonyl (C=O) groups excluding carboxylic acids is 1. The monoisotopic (exact) mass is 214 g/mol. The number of nitrogens with one attached hydrogen (secondary N) is 1. The molecule has 1 atom stereocenters. The Hall–Kier alpha value is -1.26. The van der Waals surface area contributed by atoms with Crippen molar-refractivity contribution in [2.75, 3.05) is 13.1 Å².